The molecule has 86 valence electrons. The molecule has 1 fully saturated rings. The minimum absolute atomic E-state index is 0.896. The molecule has 2 unspecified atom stereocenters. The van der Waals surface area contributed by atoms with Crippen LogP contribution in [0, 0.1) is 0 Å². The Kier molecular flexibility index (Phi) is 3.22. The molecule has 0 radical (unpaired) electrons. The number of rotatable bonds is 1. The standard InChI is InChI=1S/C7H11NO7/c9-1-8-7(15)5(13)3(11)2(10)4(12)6(7)14/h2-6,10-15H/t2?,3-,4+,5-,6-,7?/m1/s1. The zero-order valence-electron chi connectivity index (χ0n) is 7.43. The van der Waals surface area contributed by atoms with Crippen LogP contribution in [0.5, 0.6) is 0 Å². The Balaban J connectivity index is 3.11. The van der Waals surface area contributed by atoms with Gasteiger partial charge in [0.05, 0.1) is 0 Å². The van der Waals surface area contributed by atoms with Crippen molar-refractivity contribution in [3.63, 3.8) is 0 Å². The molecular formula is C7H11NO7. The minimum Gasteiger partial charge on any atom is -0.387 e. The molecule has 8 heteroatoms. The fourth-order valence-corrected chi connectivity index (χ4v) is 1.46. The third-order valence-corrected chi connectivity index (χ3v) is 2.44. The van der Waals surface area contributed by atoms with Crippen molar-refractivity contribution in [2.75, 3.05) is 0 Å². The zero-order chi connectivity index (χ0) is 11.8. The number of carbonyl (C=O) groups excluding carboxylic acids is 1. The average Bonchev–Trinajstić information content (AvgIpc) is 2.22. The normalized spacial score (nSPS) is 50.9. The van der Waals surface area contributed by atoms with Crippen molar-refractivity contribution >= 4 is 6.08 Å². The van der Waals surface area contributed by atoms with Crippen molar-refractivity contribution in [3.05, 3.63) is 0 Å². The highest BCUT2D eigenvalue weighted by molar-refractivity contribution is 5.35. The predicted molar refractivity (Wildman–Crippen MR) is 43.1 cm³/mol. The summed E-state index contributed by atoms with van der Waals surface area (Å²) in [6.45, 7) is 0. The Morgan fingerprint density at radius 2 is 1.33 bits per heavy atom. The predicted octanol–water partition coefficient (Wildman–Crippen LogP) is -4.17. The van der Waals surface area contributed by atoms with Crippen molar-refractivity contribution in [3.8, 4) is 0 Å². The molecule has 0 aliphatic heterocycles. The summed E-state index contributed by atoms with van der Waals surface area (Å²) >= 11 is 0. The second kappa shape index (κ2) is 3.95. The Labute approximate surface area is 83.7 Å². The number of isocyanates is 1. The zero-order valence-corrected chi connectivity index (χ0v) is 7.43. The molecule has 0 heterocycles. The SMILES string of the molecule is O=C=NC1(O)[C@H](O)[C@H](O)C(O)[C@H](O)[C@H]1O. The lowest BCUT2D eigenvalue weighted by molar-refractivity contribution is -0.264. The first-order valence-electron chi connectivity index (χ1n) is 4.08. The van der Waals surface area contributed by atoms with Crippen molar-refractivity contribution in [2.24, 2.45) is 4.99 Å². The van der Waals surface area contributed by atoms with Gasteiger partial charge in [-0.1, -0.05) is 0 Å². The van der Waals surface area contributed by atoms with Gasteiger partial charge in [-0.25, -0.2) is 4.79 Å². The maximum atomic E-state index is 9.96. The smallest absolute Gasteiger partial charge is 0.238 e. The van der Waals surface area contributed by atoms with Gasteiger partial charge in [-0.05, 0) is 0 Å². The molecule has 1 aliphatic carbocycles. The van der Waals surface area contributed by atoms with Crippen molar-refractivity contribution in [1.29, 1.82) is 0 Å². The molecule has 0 amide bonds. The summed E-state index contributed by atoms with van der Waals surface area (Å²) in [5, 5.41) is 55.5. The van der Waals surface area contributed by atoms with Crippen LogP contribution in [0.3, 0.4) is 0 Å². The molecule has 8 nitrogen and oxygen atoms in total. The maximum absolute atomic E-state index is 9.96. The van der Waals surface area contributed by atoms with Gasteiger partial charge in [0.25, 0.3) is 0 Å². The molecule has 6 atom stereocenters. The maximum Gasteiger partial charge on any atom is 0.238 e. The van der Waals surface area contributed by atoms with Crippen LogP contribution >= 0.6 is 0 Å². The molecule has 1 rings (SSSR count). The van der Waals surface area contributed by atoms with Crippen LogP contribution in [-0.4, -0.2) is 73.0 Å². The Morgan fingerprint density at radius 3 is 1.67 bits per heavy atom. The lowest BCUT2D eigenvalue weighted by atomic mass is 9.80. The van der Waals surface area contributed by atoms with Crippen LogP contribution < -0.4 is 0 Å². The van der Waals surface area contributed by atoms with E-state index in [1.807, 2.05) is 0 Å². The van der Waals surface area contributed by atoms with Gasteiger partial charge < -0.3 is 30.6 Å². The molecule has 1 saturated carbocycles. The van der Waals surface area contributed by atoms with E-state index in [0.717, 1.165) is 6.08 Å². The highest BCUT2D eigenvalue weighted by Gasteiger charge is 2.58. The third kappa shape index (κ3) is 1.68. The highest BCUT2D eigenvalue weighted by Crippen LogP contribution is 2.30. The summed E-state index contributed by atoms with van der Waals surface area (Å²) in [6.07, 6.45) is -9.04. The third-order valence-electron chi connectivity index (χ3n) is 2.44. The van der Waals surface area contributed by atoms with E-state index in [-0.39, 0.29) is 0 Å². The van der Waals surface area contributed by atoms with Gasteiger partial charge in [0, 0.05) is 0 Å². The molecule has 0 saturated heterocycles. The summed E-state index contributed by atoms with van der Waals surface area (Å²) in [6, 6.07) is 0. The summed E-state index contributed by atoms with van der Waals surface area (Å²) in [7, 11) is 0. The summed E-state index contributed by atoms with van der Waals surface area (Å²) in [5.74, 6) is 0. The lowest BCUT2D eigenvalue weighted by Crippen LogP contribution is -2.69. The molecule has 6 N–H and O–H groups in total. The monoisotopic (exact) mass is 221 g/mol. The van der Waals surface area contributed by atoms with Crippen LogP contribution in [0.1, 0.15) is 0 Å². The fraction of sp³-hybridized carbons (Fsp3) is 0.857. The number of nitrogens with zero attached hydrogens (tertiary/aromatic N) is 1. The van der Waals surface area contributed by atoms with Crippen molar-refractivity contribution in [2.45, 2.75) is 36.2 Å². The van der Waals surface area contributed by atoms with Gasteiger partial charge in [-0.15, -0.1) is 0 Å². The number of hydrogen-bond donors (Lipinski definition) is 6. The van der Waals surface area contributed by atoms with E-state index in [0.29, 0.717) is 0 Å². The van der Waals surface area contributed by atoms with Gasteiger partial charge >= 0.3 is 0 Å². The second-order valence-electron chi connectivity index (χ2n) is 3.35. The first-order valence-corrected chi connectivity index (χ1v) is 4.08. The van der Waals surface area contributed by atoms with E-state index in [1.165, 1.54) is 0 Å². The summed E-state index contributed by atoms with van der Waals surface area (Å²) < 4.78 is 0. The van der Waals surface area contributed by atoms with Gasteiger partial charge in [0.2, 0.25) is 11.8 Å². The van der Waals surface area contributed by atoms with E-state index in [4.69, 9.17) is 5.11 Å². The van der Waals surface area contributed by atoms with E-state index in [2.05, 4.69) is 4.99 Å². The largest absolute Gasteiger partial charge is 0.387 e. The van der Waals surface area contributed by atoms with Crippen LogP contribution in [0.2, 0.25) is 0 Å². The average molecular weight is 221 g/mol. The molecule has 0 aromatic heterocycles. The highest BCUT2D eigenvalue weighted by atomic mass is 16.4. The summed E-state index contributed by atoms with van der Waals surface area (Å²) in [5.41, 5.74) is -2.78. The Morgan fingerprint density at radius 1 is 0.933 bits per heavy atom. The van der Waals surface area contributed by atoms with E-state index in [9.17, 15) is 30.3 Å². The lowest BCUT2D eigenvalue weighted by Gasteiger charge is -2.44. The molecule has 0 bridgehead atoms. The molecule has 0 aromatic carbocycles. The minimum atomic E-state index is -2.78. The number of hydrogen-bond acceptors (Lipinski definition) is 8. The molecule has 1 aliphatic rings. The van der Waals surface area contributed by atoms with Crippen molar-refractivity contribution in [1.82, 2.24) is 0 Å². The van der Waals surface area contributed by atoms with Crippen LogP contribution in [0.25, 0.3) is 0 Å². The Bertz CT molecular complexity index is 273. The van der Waals surface area contributed by atoms with E-state index in [1.54, 1.807) is 0 Å². The van der Waals surface area contributed by atoms with Gasteiger partial charge in [-0.3, -0.25) is 0 Å². The van der Waals surface area contributed by atoms with Crippen LogP contribution in [0.15, 0.2) is 4.99 Å². The molecule has 15 heavy (non-hydrogen) atoms. The second-order valence-corrected chi connectivity index (χ2v) is 3.35. The van der Waals surface area contributed by atoms with Crippen molar-refractivity contribution < 1.29 is 35.4 Å². The van der Waals surface area contributed by atoms with Gasteiger partial charge in [0.1, 0.15) is 30.5 Å². The van der Waals surface area contributed by atoms with E-state index >= 15 is 0 Å². The van der Waals surface area contributed by atoms with Crippen LogP contribution in [-0.2, 0) is 4.79 Å². The number of aliphatic hydroxyl groups excluding tert-OH is 5. The molecule has 0 spiro atoms. The van der Waals surface area contributed by atoms with E-state index < -0.39 is 36.2 Å². The number of aliphatic imine (C=N–C) groups is 1. The first-order chi connectivity index (χ1) is 6.86. The Hall–Kier alpha value is -0.860. The first kappa shape index (κ1) is 12.2. The van der Waals surface area contributed by atoms with Crippen LogP contribution in [0.4, 0.5) is 0 Å². The van der Waals surface area contributed by atoms with Gasteiger partial charge in [-0.2, -0.15) is 4.99 Å². The quantitative estimate of drug-likeness (QED) is 0.194. The van der Waals surface area contributed by atoms with Gasteiger partial charge in [0.15, 0.2) is 0 Å². The summed E-state index contributed by atoms with van der Waals surface area (Å²) in [4.78, 5) is 12.7. The topological polar surface area (TPSA) is 151 Å². The fourth-order valence-electron chi connectivity index (χ4n) is 1.46. The molecular weight excluding hydrogens is 210 g/mol. The number of aliphatic hydroxyl groups is 6. The molecule has 0 aromatic rings.